The van der Waals surface area contributed by atoms with Crippen LogP contribution in [0.4, 0.5) is 0 Å². The standard InChI is InChI=1S/C36H20BrNO2/c37-22-13-16-32-29(19-22)28-18-21(24-8-5-9-27-25-6-1-4-11-34(25)40-36(24)27)12-15-31(28)38(32)23-14-17-35-30(20-23)26-7-2-3-10-33(26)39-35/h1-20H. The zero-order valence-corrected chi connectivity index (χ0v) is 22.8. The average molecular weight is 578 g/mol. The number of furan rings is 2. The summed E-state index contributed by atoms with van der Waals surface area (Å²) in [5, 5.41) is 6.92. The topological polar surface area (TPSA) is 31.2 Å². The van der Waals surface area contributed by atoms with E-state index in [9.17, 15) is 0 Å². The van der Waals surface area contributed by atoms with Gasteiger partial charge in [0, 0.05) is 48.0 Å². The molecule has 3 nitrogen and oxygen atoms in total. The van der Waals surface area contributed by atoms with Crippen molar-refractivity contribution < 1.29 is 8.83 Å². The fourth-order valence-corrected chi connectivity index (χ4v) is 6.63. The van der Waals surface area contributed by atoms with Crippen LogP contribution in [0.25, 0.3) is 82.5 Å². The number of rotatable bonds is 2. The minimum Gasteiger partial charge on any atom is -0.456 e. The molecule has 0 aliphatic heterocycles. The highest BCUT2D eigenvalue weighted by molar-refractivity contribution is 9.10. The molecule has 6 aromatic carbocycles. The number of fused-ring (bicyclic) bond motifs is 9. The molecular weight excluding hydrogens is 558 g/mol. The zero-order chi connectivity index (χ0) is 26.4. The monoisotopic (exact) mass is 577 g/mol. The predicted octanol–water partition coefficient (Wildman–Crippen LogP) is 11.0. The van der Waals surface area contributed by atoms with Gasteiger partial charge in [0.15, 0.2) is 0 Å². The Kier molecular flexibility index (Phi) is 4.47. The molecule has 3 aromatic heterocycles. The van der Waals surface area contributed by atoms with Crippen LogP contribution in [0, 0.1) is 0 Å². The van der Waals surface area contributed by atoms with Crippen LogP contribution in [0.2, 0.25) is 0 Å². The first-order chi connectivity index (χ1) is 19.7. The average Bonchev–Trinajstić information content (AvgIpc) is 3.66. The fourth-order valence-electron chi connectivity index (χ4n) is 6.27. The molecule has 9 rings (SSSR count). The molecule has 0 bridgehead atoms. The molecule has 3 heterocycles. The SMILES string of the molecule is Brc1ccc2c(c1)c1cc(-c3cccc4c3oc3ccccc34)ccc1n2-c1ccc2oc3ccccc3c2c1. The number of aromatic nitrogens is 1. The molecule has 4 heteroatoms. The Balaban J connectivity index is 1.32. The van der Waals surface area contributed by atoms with Crippen molar-refractivity contribution in [3.63, 3.8) is 0 Å². The predicted molar refractivity (Wildman–Crippen MR) is 168 cm³/mol. The summed E-state index contributed by atoms with van der Waals surface area (Å²) in [6.45, 7) is 0. The molecular formula is C36H20BrNO2. The largest absolute Gasteiger partial charge is 0.456 e. The Morgan fingerprint density at radius 1 is 0.475 bits per heavy atom. The van der Waals surface area contributed by atoms with E-state index in [0.29, 0.717) is 0 Å². The van der Waals surface area contributed by atoms with Crippen molar-refractivity contribution in [2.75, 3.05) is 0 Å². The minimum atomic E-state index is 0.898. The quantitative estimate of drug-likeness (QED) is 0.204. The second kappa shape index (κ2) is 8.10. The van der Waals surface area contributed by atoms with Crippen LogP contribution in [0.1, 0.15) is 0 Å². The van der Waals surface area contributed by atoms with Gasteiger partial charge in [0.1, 0.15) is 22.3 Å². The number of nitrogens with zero attached hydrogens (tertiary/aromatic N) is 1. The molecule has 0 unspecified atom stereocenters. The van der Waals surface area contributed by atoms with Crippen molar-refractivity contribution in [3.8, 4) is 16.8 Å². The van der Waals surface area contributed by atoms with Crippen molar-refractivity contribution in [2.45, 2.75) is 0 Å². The summed E-state index contributed by atoms with van der Waals surface area (Å²) in [6.07, 6.45) is 0. The van der Waals surface area contributed by atoms with Gasteiger partial charge in [-0.05, 0) is 66.2 Å². The fraction of sp³-hybridized carbons (Fsp3) is 0. The van der Waals surface area contributed by atoms with Crippen LogP contribution >= 0.6 is 15.9 Å². The Morgan fingerprint density at radius 2 is 1.15 bits per heavy atom. The molecule has 0 aliphatic rings. The van der Waals surface area contributed by atoms with Gasteiger partial charge in [0.05, 0.1) is 11.0 Å². The highest BCUT2D eigenvalue weighted by atomic mass is 79.9. The third kappa shape index (κ3) is 3.05. The molecule has 0 saturated heterocycles. The van der Waals surface area contributed by atoms with Crippen molar-refractivity contribution in [1.29, 1.82) is 0 Å². The Labute approximate surface area is 237 Å². The van der Waals surface area contributed by atoms with Crippen molar-refractivity contribution in [1.82, 2.24) is 4.57 Å². The minimum absolute atomic E-state index is 0.898. The normalized spacial score (nSPS) is 12.1. The molecule has 0 spiro atoms. The van der Waals surface area contributed by atoms with Gasteiger partial charge in [-0.1, -0.05) is 76.6 Å². The number of halogens is 1. The second-order valence-corrected chi connectivity index (χ2v) is 11.2. The van der Waals surface area contributed by atoms with Gasteiger partial charge in [0.25, 0.3) is 0 Å². The van der Waals surface area contributed by atoms with E-state index in [1.54, 1.807) is 0 Å². The van der Waals surface area contributed by atoms with E-state index in [0.717, 1.165) is 76.2 Å². The van der Waals surface area contributed by atoms with E-state index >= 15 is 0 Å². The van der Waals surface area contributed by atoms with Gasteiger partial charge in [-0.15, -0.1) is 0 Å². The van der Waals surface area contributed by atoms with Crippen LogP contribution in [0.3, 0.4) is 0 Å². The first kappa shape index (κ1) is 22.1. The van der Waals surface area contributed by atoms with Gasteiger partial charge in [-0.3, -0.25) is 0 Å². The molecule has 0 saturated carbocycles. The summed E-state index contributed by atoms with van der Waals surface area (Å²) in [7, 11) is 0. The molecule has 0 atom stereocenters. The summed E-state index contributed by atoms with van der Waals surface area (Å²) < 4.78 is 15.9. The van der Waals surface area contributed by atoms with Crippen LogP contribution < -0.4 is 0 Å². The Hall–Kier alpha value is -4.80. The summed E-state index contributed by atoms with van der Waals surface area (Å²) in [6, 6.07) is 42.6. The first-order valence-electron chi connectivity index (χ1n) is 13.3. The van der Waals surface area contributed by atoms with E-state index in [4.69, 9.17) is 8.83 Å². The third-order valence-electron chi connectivity index (χ3n) is 8.06. The van der Waals surface area contributed by atoms with Crippen LogP contribution in [-0.4, -0.2) is 4.57 Å². The highest BCUT2D eigenvalue weighted by Gasteiger charge is 2.17. The molecule has 0 amide bonds. The summed E-state index contributed by atoms with van der Waals surface area (Å²) in [5.41, 5.74) is 9.28. The maximum absolute atomic E-state index is 6.38. The lowest BCUT2D eigenvalue weighted by Crippen LogP contribution is -1.93. The number of para-hydroxylation sites is 3. The summed E-state index contributed by atoms with van der Waals surface area (Å²) in [4.78, 5) is 0. The maximum Gasteiger partial charge on any atom is 0.143 e. The molecule has 0 radical (unpaired) electrons. The van der Waals surface area contributed by atoms with Crippen LogP contribution in [0.5, 0.6) is 0 Å². The smallest absolute Gasteiger partial charge is 0.143 e. The lowest BCUT2D eigenvalue weighted by Gasteiger charge is -2.09. The van der Waals surface area contributed by atoms with Crippen molar-refractivity contribution in [2.24, 2.45) is 0 Å². The molecule has 188 valence electrons. The highest BCUT2D eigenvalue weighted by Crippen LogP contribution is 2.40. The van der Waals surface area contributed by atoms with Crippen LogP contribution in [-0.2, 0) is 0 Å². The van der Waals surface area contributed by atoms with E-state index in [1.165, 1.54) is 10.8 Å². The molecule has 0 fully saturated rings. The van der Waals surface area contributed by atoms with Gasteiger partial charge in [-0.25, -0.2) is 0 Å². The van der Waals surface area contributed by atoms with Crippen molar-refractivity contribution >= 4 is 81.6 Å². The molecule has 40 heavy (non-hydrogen) atoms. The lowest BCUT2D eigenvalue weighted by atomic mass is 10.0. The second-order valence-electron chi connectivity index (χ2n) is 10.3. The number of hydrogen-bond donors (Lipinski definition) is 0. The molecule has 0 N–H and O–H groups in total. The van der Waals surface area contributed by atoms with Gasteiger partial charge in [0.2, 0.25) is 0 Å². The summed E-state index contributed by atoms with van der Waals surface area (Å²) in [5.74, 6) is 0. The van der Waals surface area contributed by atoms with Gasteiger partial charge < -0.3 is 13.4 Å². The molecule has 9 aromatic rings. The zero-order valence-electron chi connectivity index (χ0n) is 21.2. The maximum atomic E-state index is 6.38. The summed E-state index contributed by atoms with van der Waals surface area (Å²) >= 11 is 3.72. The van der Waals surface area contributed by atoms with E-state index in [-0.39, 0.29) is 0 Å². The number of benzene rings is 6. The van der Waals surface area contributed by atoms with Crippen molar-refractivity contribution in [3.05, 3.63) is 126 Å². The van der Waals surface area contributed by atoms with Gasteiger partial charge >= 0.3 is 0 Å². The van der Waals surface area contributed by atoms with E-state index in [1.807, 2.05) is 24.3 Å². The van der Waals surface area contributed by atoms with E-state index in [2.05, 4.69) is 118 Å². The lowest BCUT2D eigenvalue weighted by molar-refractivity contribution is 0.669. The van der Waals surface area contributed by atoms with Crippen LogP contribution in [0.15, 0.2) is 135 Å². The number of hydrogen-bond acceptors (Lipinski definition) is 2. The van der Waals surface area contributed by atoms with Gasteiger partial charge in [-0.2, -0.15) is 0 Å². The first-order valence-corrected chi connectivity index (χ1v) is 14.1. The molecule has 0 aliphatic carbocycles. The third-order valence-corrected chi connectivity index (χ3v) is 8.55. The van der Waals surface area contributed by atoms with E-state index < -0.39 is 0 Å². The Morgan fingerprint density at radius 3 is 2.00 bits per heavy atom. The Bertz CT molecular complexity index is 2460.